The molecule has 3 nitrogen and oxygen atoms in total. The first-order valence-electron chi connectivity index (χ1n) is 6.27. The molecule has 0 aliphatic heterocycles. The van der Waals surface area contributed by atoms with Crippen LogP contribution in [0.15, 0.2) is 24.3 Å². The summed E-state index contributed by atoms with van der Waals surface area (Å²) in [6.07, 6.45) is 0.498. The van der Waals surface area contributed by atoms with Crippen LogP contribution in [0.25, 0.3) is 0 Å². The van der Waals surface area contributed by atoms with E-state index in [0.29, 0.717) is 13.0 Å². The van der Waals surface area contributed by atoms with Crippen molar-refractivity contribution in [3.8, 4) is 5.75 Å². The number of rotatable bonds is 3. The Kier molecular flexibility index (Phi) is 13.2. The van der Waals surface area contributed by atoms with Crippen molar-refractivity contribution >= 4 is 5.91 Å². The lowest BCUT2D eigenvalue weighted by Gasteiger charge is -2.03. The molecule has 0 radical (unpaired) electrons. The highest BCUT2D eigenvalue weighted by molar-refractivity contribution is 5.75. The number of carbonyl (C=O) groups excluding carboxylic acids is 1. The molecule has 17 heavy (non-hydrogen) atoms. The molecule has 0 aromatic heterocycles. The number of hydrogen-bond donors (Lipinski definition) is 2. The van der Waals surface area contributed by atoms with Crippen LogP contribution in [-0.4, -0.2) is 11.0 Å². The normalized spacial score (nSPS) is 8.06. The van der Waals surface area contributed by atoms with Crippen molar-refractivity contribution in [1.82, 2.24) is 5.32 Å². The molecule has 0 atom stereocenters. The van der Waals surface area contributed by atoms with Crippen molar-refractivity contribution < 1.29 is 9.90 Å². The third kappa shape index (κ3) is 9.42. The Labute approximate surface area is 105 Å². The van der Waals surface area contributed by atoms with Crippen LogP contribution in [0.5, 0.6) is 5.75 Å². The monoisotopic (exact) mass is 239 g/mol. The first-order chi connectivity index (χ1) is 8.22. The minimum Gasteiger partial charge on any atom is -0.508 e. The molecule has 2 N–H and O–H groups in total. The van der Waals surface area contributed by atoms with E-state index in [0.717, 1.165) is 5.56 Å². The number of phenols is 1. The smallest absolute Gasteiger partial charge is 0.219 e. The lowest BCUT2D eigenvalue weighted by Crippen LogP contribution is -2.21. The van der Waals surface area contributed by atoms with Gasteiger partial charge in [-0.25, -0.2) is 0 Å². The maximum Gasteiger partial charge on any atom is 0.219 e. The molecule has 0 spiro atoms. The Morgan fingerprint density at radius 1 is 1.12 bits per heavy atom. The van der Waals surface area contributed by atoms with E-state index in [1.807, 2.05) is 34.6 Å². The SMILES string of the molecule is CC.CC.CCC(=O)NCc1ccc(O)cc1. The quantitative estimate of drug-likeness (QED) is 0.848. The number of phenolic OH excluding ortho intramolecular Hbond substituents is 1. The topological polar surface area (TPSA) is 49.3 Å². The number of nitrogens with one attached hydrogen (secondary N) is 1. The molecular weight excluding hydrogens is 214 g/mol. The standard InChI is InChI=1S/C10H13NO2.2C2H6/c1-2-10(13)11-7-8-3-5-9(12)6-4-8;2*1-2/h3-6,12H,2,7H2,1H3,(H,11,13);2*1-2H3. The molecule has 3 heteroatoms. The number of benzene rings is 1. The van der Waals surface area contributed by atoms with Crippen LogP contribution in [0, 0.1) is 0 Å². The zero-order valence-electron chi connectivity index (χ0n) is 11.6. The Hall–Kier alpha value is -1.51. The lowest BCUT2D eigenvalue weighted by atomic mass is 10.2. The predicted molar refractivity (Wildman–Crippen MR) is 72.9 cm³/mol. The Bertz CT molecular complexity index is 281. The van der Waals surface area contributed by atoms with Gasteiger partial charge in [0.25, 0.3) is 0 Å². The molecule has 0 saturated carbocycles. The highest BCUT2D eigenvalue weighted by atomic mass is 16.3. The van der Waals surface area contributed by atoms with E-state index < -0.39 is 0 Å². The predicted octanol–water partition coefficient (Wildman–Crippen LogP) is 3.47. The number of amides is 1. The van der Waals surface area contributed by atoms with Gasteiger partial charge in [-0.05, 0) is 17.7 Å². The second-order valence-corrected chi connectivity index (χ2v) is 2.80. The van der Waals surface area contributed by atoms with E-state index in [4.69, 9.17) is 5.11 Å². The van der Waals surface area contributed by atoms with Gasteiger partial charge in [0, 0.05) is 13.0 Å². The van der Waals surface area contributed by atoms with E-state index >= 15 is 0 Å². The van der Waals surface area contributed by atoms with Crippen LogP contribution in [0.4, 0.5) is 0 Å². The van der Waals surface area contributed by atoms with Crippen LogP contribution in [0.1, 0.15) is 46.6 Å². The molecule has 0 heterocycles. The van der Waals surface area contributed by atoms with Crippen LogP contribution in [0.3, 0.4) is 0 Å². The number of aromatic hydroxyl groups is 1. The Morgan fingerprint density at radius 2 is 1.59 bits per heavy atom. The van der Waals surface area contributed by atoms with Gasteiger partial charge < -0.3 is 10.4 Å². The molecule has 0 bridgehead atoms. The van der Waals surface area contributed by atoms with E-state index in [9.17, 15) is 4.79 Å². The molecule has 0 unspecified atom stereocenters. The molecule has 1 aromatic rings. The molecule has 0 aliphatic rings. The van der Waals surface area contributed by atoms with Gasteiger partial charge in [0.15, 0.2) is 0 Å². The fraction of sp³-hybridized carbons (Fsp3) is 0.500. The summed E-state index contributed by atoms with van der Waals surface area (Å²) in [5, 5.41) is 11.7. The molecule has 0 saturated heterocycles. The van der Waals surface area contributed by atoms with Gasteiger partial charge in [0.2, 0.25) is 5.91 Å². The van der Waals surface area contributed by atoms with Crippen molar-refractivity contribution in [3.63, 3.8) is 0 Å². The minimum absolute atomic E-state index is 0.0353. The molecule has 0 aliphatic carbocycles. The van der Waals surface area contributed by atoms with Gasteiger partial charge in [-0.3, -0.25) is 4.79 Å². The van der Waals surface area contributed by atoms with E-state index in [1.165, 1.54) is 0 Å². The Morgan fingerprint density at radius 3 is 2.00 bits per heavy atom. The van der Waals surface area contributed by atoms with Gasteiger partial charge >= 0.3 is 0 Å². The summed E-state index contributed by atoms with van der Waals surface area (Å²) in [6, 6.07) is 6.78. The summed E-state index contributed by atoms with van der Waals surface area (Å²) in [6.45, 7) is 10.3. The van der Waals surface area contributed by atoms with Gasteiger partial charge in [-0.1, -0.05) is 46.8 Å². The van der Waals surface area contributed by atoms with Gasteiger partial charge in [-0.15, -0.1) is 0 Å². The number of carbonyl (C=O) groups is 1. The van der Waals surface area contributed by atoms with Crippen molar-refractivity contribution in [3.05, 3.63) is 29.8 Å². The van der Waals surface area contributed by atoms with E-state index in [2.05, 4.69) is 5.32 Å². The average Bonchev–Trinajstić information content (AvgIpc) is 2.42. The fourth-order valence-electron chi connectivity index (χ4n) is 0.939. The summed E-state index contributed by atoms with van der Waals surface area (Å²) < 4.78 is 0. The number of hydrogen-bond acceptors (Lipinski definition) is 2. The van der Waals surface area contributed by atoms with Crippen molar-refractivity contribution in [2.45, 2.75) is 47.6 Å². The first kappa shape index (κ1) is 17.9. The second kappa shape index (κ2) is 12.6. The summed E-state index contributed by atoms with van der Waals surface area (Å²) in [4.78, 5) is 10.9. The molecule has 0 fully saturated rings. The Balaban J connectivity index is 0. The summed E-state index contributed by atoms with van der Waals surface area (Å²) >= 11 is 0. The fourth-order valence-corrected chi connectivity index (χ4v) is 0.939. The lowest BCUT2D eigenvalue weighted by molar-refractivity contribution is -0.120. The maximum absolute atomic E-state index is 10.9. The molecule has 1 aromatic carbocycles. The van der Waals surface area contributed by atoms with E-state index in [-0.39, 0.29) is 11.7 Å². The van der Waals surface area contributed by atoms with Gasteiger partial charge in [0.1, 0.15) is 5.75 Å². The summed E-state index contributed by atoms with van der Waals surface area (Å²) in [5.74, 6) is 0.277. The zero-order chi connectivity index (χ0) is 13.7. The van der Waals surface area contributed by atoms with Crippen LogP contribution in [0.2, 0.25) is 0 Å². The third-order valence-electron chi connectivity index (χ3n) is 1.75. The van der Waals surface area contributed by atoms with Crippen molar-refractivity contribution in [2.24, 2.45) is 0 Å². The van der Waals surface area contributed by atoms with Crippen LogP contribution < -0.4 is 5.32 Å². The minimum atomic E-state index is 0.0353. The first-order valence-corrected chi connectivity index (χ1v) is 6.27. The van der Waals surface area contributed by atoms with Crippen LogP contribution >= 0.6 is 0 Å². The van der Waals surface area contributed by atoms with Gasteiger partial charge in [0.05, 0.1) is 0 Å². The molecule has 1 amide bonds. The second-order valence-electron chi connectivity index (χ2n) is 2.80. The molecule has 1 rings (SSSR count). The summed E-state index contributed by atoms with van der Waals surface area (Å²) in [7, 11) is 0. The maximum atomic E-state index is 10.9. The zero-order valence-corrected chi connectivity index (χ0v) is 11.6. The van der Waals surface area contributed by atoms with Crippen molar-refractivity contribution in [1.29, 1.82) is 0 Å². The van der Waals surface area contributed by atoms with Crippen LogP contribution in [-0.2, 0) is 11.3 Å². The molecule has 98 valence electrons. The van der Waals surface area contributed by atoms with Crippen molar-refractivity contribution in [2.75, 3.05) is 0 Å². The van der Waals surface area contributed by atoms with Gasteiger partial charge in [-0.2, -0.15) is 0 Å². The third-order valence-corrected chi connectivity index (χ3v) is 1.75. The molecular formula is C14H25NO2. The average molecular weight is 239 g/mol. The summed E-state index contributed by atoms with van der Waals surface area (Å²) in [5.41, 5.74) is 0.986. The highest BCUT2D eigenvalue weighted by Gasteiger charge is 1.96. The highest BCUT2D eigenvalue weighted by Crippen LogP contribution is 2.08. The van der Waals surface area contributed by atoms with E-state index in [1.54, 1.807) is 24.3 Å². The largest absolute Gasteiger partial charge is 0.508 e.